The molecule has 0 saturated heterocycles. The van der Waals surface area contributed by atoms with Crippen molar-refractivity contribution in [3.8, 4) is 23.0 Å². The van der Waals surface area contributed by atoms with Crippen LogP contribution < -0.4 is 18.9 Å². The number of methoxy groups -OCH3 is 4. The Morgan fingerprint density at radius 1 is 0.882 bits per heavy atom. The van der Waals surface area contributed by atoms with E-state index in [4.69, 9.17) is 18.9 Å². The molecule has 1 aliphatic heterocycles. The maximum absolute atomic E-state index is 12.8. The molecule has 2 aromatic rings. The molecule has 2 aromatic carbocycles. The fraction of sp³-hybridized carbons (Fsp3) is 0.370. The average molecular weight is 465 g/mol. The van der Waals surface area contributed by atoms with E-state index in [-0.39, 0.29) is 5.91 Å². The van der Waals surface area contributed by atoms with Crippen LogP contribution >= 0.6 is 0 Å². The Morgan fingerprint density at radius 2 is 1.50 bits per heavy atom. The summed E-state index contributed by atoms with van der Waals surface area (Å²) < 4.78 is 21.6. The third-order valence-electron chi connectivity index (χ3n) is 6.36. The van der Waals surface area contributed by atoms with E-state index < -0.39 is 0 Å². The van der Waals surface area contributed by atoms with Crippen molar-refractivity contribution in [2.24, 2.45) is 0 Å². The molecule has 0 saturated carbocycles. The zero-order chi connectivity index (χ0) is 24.2. The number of carbonyl (C=O) groups is 1. The van der Waals surface area contributed by atoms with Gasteiger partial charge in [-0.3, -0.25) is 4.79 Å². The Morgan fingerprint density at radius 3 is 2.18 bits per heavy atom. The van der Waals surface area contributed by atoms with Gasteiger partial charge in [-0.2, -0.15) is 0 Å². The lowest BCUT2D eigenvalue weighted by atomic mass is 9.83. The Kier molecular flexibility index (Phi) is 7.01. The molecule has 34 heavy (non-hydrogen) atoms. The first-order valence-corrected chi connectivity index (χ1v) is 11.4. The normalized spacial score (nSPS) is 15.3. The standard InChI is InChI=1S/C27H32N2O5/c1-28(17-21-11-20-14-25(33-4)26(34-5)16-22(20)21)8-6-9-29-10-7-18-12-23(31-2)24(32-3)13-19(18)15-27(29)30/h7,10,12-14,16-17H,6,8-9,11,15H2,1-5H3. The van der Waals surface area contributed by atoms with E-state index >= 15 is 0 Å². The topological polar surface area (TPSA) is 60.5 Å². The Balaban J connectivity index is 1.35. The van der Waals surface area contributed by atoms with Crippen LogP contribution in [-0.4, -0.2) is 64.3 Å². The van der Waals surface area contributed by atoms with Crippen LogP contribution in [0, 0.1) is 0 Å². The third-order valence-corrected chi connectivity index (χ3v) is 6.36. The highest BCUT2D eigenvalue weighted by atomic mass is 16.5. The maximum atomic E-state index is 12.8. The van der Waals surface area contributed by atoms with Gasteiger partial charge in [-0.1, -0.05) is 0 Å². The predicted molar refractivity (Wildman–Crippen MR) is 132 cm³/mol. The highest BCUT2D eigenvalue weighted by Gasteiger charge is 2.23. The number of ether oxygens (including phenoxy) is 4. The molecule has 0 atom stereocenters. The van der Waals surface area contributed by atoms with Crippen LogP contribution in [0.15, 0.2) is 36.7 Å². The van der Waals surface area contributed by atoms with Gasteiger partial charge in [0.05, 0.1) is 34.9 Å². The monoisotopic (exact) mass is 464 g/mol. The van der Waals surface area contributed by atoms with E-state index in [0.717, 1.165) is 42.0 Å². The highest BCUT2D eigenvalue weighted by Crippen LogP contribution is 2.41. The summed E-state index contributed by atoms with van der Waals surface area (Å²) >= 11 is 0. The number of hydrogen-bond donors (Lipinski definition) is 0. The van der Waals surface area contributed by atoms with Crippen molar-refractivity contribution < 1.29 is 23.7 Å². The zero-order valence-electron chi connectivity index (χ0n) is 20.5. The second-order valence-electron chi connectivity index (χ2n) is 8.52. The molecule has 7 nitrogen and oxygen atoms in total. The molecule has 0 spiro atoms. The van der Waals surface area contributed by atoms with E-state index in [1.807, 2.05) is 36.5 Å². The SMILES string of the molecule is COc1cc2c(cc1OC)CC(=O)N(CCCN(C)C=C1Cc3cc(OC)c(OC)cc31)C=C2. The number of nitrogens with zero attached hydrogens (tertiary/aromatic N) is 2. The molecule has 2 aliphatic rings. The van der Waals surface area contributed by atoms with Gasteiger partial charge in [0.2, 0.25) is 5.91 Å². The molecule has 1 amide bonds. The minimum atomic E-state index is 0.0807. The molecule has 7 heteroatoms. The fourth-order valence-corrected chi connectivity index (χ4v) is 4.46. The minimum Gasteiger partial charge on any atom is -0.493 e. The first kappa shape index (κ1) is 23.5. The van der Waals surface area contributed by atoms with Crippen molar-refractivity contribution >= 4 is 17.6 Å². The summed E-state index contributed by atoms with van der Waals surface area (Å²) in [5.74, 6) is 2.89. The minimum absolute atomic E-state index is 0.0807. The van der Waals surface area contributed by atoms with Crippen LogP contribution in [0.1, 0.15) is 28.7 Å². The molecule has 0 radical (unpaired) electrons. The molecular weight excluding hydrogens is 432 g/mol. The van der Waals surface area contributed by atoms with E-state index in [1.54, 1.807) is 33.3 Å². The quantitative estimate of drug-likeness (QED) is 0.559. The van der Waals surface area contributed by atoms with Crippen molar-refractivity contribution in [2.75, 3.05) is 48.6 Å². The van der Waals surface area contributed by atoms with E-state index in [2.05, 4.69) is 18.1 Å². The van der Waals surface area contributed by atoms with Crippen molar-refractivity contribution in [1.82, 2.24) is 9.80 Å². The molecule has 0 fully saturated rings. The summed E-state index contributed by atoms with van der Waals surface area (Å²) in [7, 11) is 8.60. The van der Waals surface area contributed by atoms with Crippen LogP contribution in [-0.2, 0) is 17.6 Å². The summed E-state index contributed by atoms with van der Waals surface area (Å²) in [6.45, 7) is 1.51. The number of benzene rings is 2. The number of allylic oxidation sites excluding steroid dienone is 1. The average Bonchev–Trinajstić information content (AvgIpc) is 2.98. The highest BCUT2D eigenvalue weighted by molar-refractivity contribution is 5.84. The van der Waals surface area contributed by atoms with Gasteiger partial charge in [0, 0.05) is 39.0 Å². The second-order valence-corrected chi connectivity index (χ2v) is 8.52. The van der Waals surface area contributed by atoms with Gasteiger partial charge in [-0.15, -0.1) is 0 Å². The first-order chi connectivity index (χ1) is 16.5. The molecule has 1 heterocycles. The number of hydrogen-bond acceptors (Lipinski definition) is 6. The van der Waals surface area contributed by atoms with E-state index in [9.17, 15) is 4.79 Å². The lowest BCUT2D eigenvalue weighted by Gasteiger charge is -2.27. The number of carbonyl (C=O) groups excluding carboxylic acids is 1. The van der Waals surface area contributed by atoms with Crippen LogP contribution in [0.5, 0.6) is 23.0 Å². The van der Waals surface area contributed by atoms with Gasteiger partial charge in [0.25, 0.3) is 0 Å². The predicted octanol–water partition coefficient (Wildman–Crippen LogP) is 4.00. The summed E-state index contributed by atoms with van der Waals surface area (Å²) in [5, 5.41) is 0. The Bertz CT molecular complexity index is 1140. The lowest BCUT2D eigenvalue weighted by Crippen LogP contribution is -2.29. The molecule has 0 unspecified atom stereocenters. The summed E-state index contributed by atoms with van der Waals surface area (Å²) in [6.07, 6.45) is 8.14. The van der Waals surface area contributed by atoms with Gasteiger partial charge in [0.15, 0.2) is 23.0 Å². The third kappa shape index (κ3) is 4.69. The maximum Gasteiger partial charge on any atom is 0.230 e. The fourth-order valence-electron chi connectivity index (χ4n) is 4.46. The molecule has 1 aliphatic carbocycles. The lowest BCUT2D eigenvalue weighted by molar-refractivity contribution is -0.127. The molecule has 0 N–H and O–H groups in total. The summed E-state index contributed by atoms with van der Waals surface area (Å²) in [4.78, 5) is 16.8. The number of rotatable bonds is 9. The Hall–Kier alpha value is -3.61. The molecule has 180 valence electrons. The van der Waals surface area contributed by atoms with Crippen LogP contribution in [0.3, 0.4) is 0 Å². The van der Waals surface area contributed by atoms with Gasteiger partial charge in [-0.05, 0) is 64.6 Å². The van der Waals surface area contributed by atoms with Crippen molar-refractivity contribution in [2.45, 2.75) is 19.3 Å². The zero-order valence-corrected chi connectivity index (χ0v) is 20.5. The van der Waals surface area contributed by atoms with E-state index in [1.165, 1.54) is 16.7 Å². The smallest absolute Gasteiger partial charge is 0.230 e. The molecule has 0 bridgehead atoms. The van der Waals surface area contributed by atoms with Crippen molar-refractivity contribution in [1.29, 1.82) is 0 Å². The number of fused-ring (bicyclic) bond motifs is 2. The molecular formula is C27H32N2O5. The van der Waals surface area contributed by atoms with Crippen molar-refractivity contribution in [3.05, 3.63) is 58.9 Å². The summed E-state index contributed by atoms with van der Waals surface area (Å²) in [6, 6.07) is 7.90. The molecule has 0 aromatic heterocycles. The van der Waals surface area contributed by atoms with Crippen LogP contribution in [0.25, 0.3) is 11.6 Å². The van der Waals surface area contributed by atoms with Crippen LogP contribution in [0.2, 0.25) is 0 Å². The van der Waals surface area contributed by atoms with E-state index in [0.29, 0.717) is 24.5 Å². The first-order valence-electron chi connectivity index (χ1n) is 11.4. The summed E-state index contributed by atoms with van der Waals surface area (Å²) in [5.41, 5.74) is 5.68. The molecule has 4 rings (SSSR count). The Labute approximate surface area is 201 Å². The number of amides is 1. The second kappa shape index (κ2) is 10.1. The van der Waals surface area contributed by atoms with Crippen LogP contribution in [0.4, 0.5) is 0 Å². The van der Waals surface area contributed by atoms with Gasteiger partial charge in [-0.25, -0.2) is 0 Å². The van der Waals surface area contributed by atoms with Crippen molar-refractivity contribution in [3.63, 3.8) is 0 Å². The van der Waals surface area contributed by atoms with Gasteiger partial charge < -0.3 is 28.7 Å². The van der Waals surface area contributed by atoms with Gasteiger partial charge >= 0.3 is 0 Å². The van der Waals surface area contributed by atoms with Gasteiger partial charge in [0.1, 0.15) is 0 Å². The largest absolute Gasteiger partial charge is 0.493 e.